The number of carbonyl (C=O) groups is 1. The first kappa shape index (κ1) is 12.5. The van der Waals surface area contributed by atoms with Crippen molar-refractivity contribution in [3.63, 3.8) is 0 Å². The van der Waals surface area contributed by atoms with Gasteiger partial charge < -0.3 is 20.5 Å². The van der Waals surface area contributed by atoms with E-state index >= 15 is 0 Å². The van der Waals surface area contributed by atoms with Gasteiger partial charge >= 0.3 is 6.03 Å². The molecule has 5 heteroatoms. The van der Waals surface area contributed by atoms with Gasteiger partial charge in [-0.2, -0.15) is 0 Å². The molecule has 2 heterocycles. The lowest BCUT2D eigenvalue weighted by atomic mass is 9.90. The van der Waals surface area contributed by atoms with Crippen molar-refractivity contribution in [3.05, 3.63) is 24.0 Å². The number of rotatable bonds is 3. The first-order valence-corrected chi connectivity index (χ1v) is 7.15. The molecule has 1 atom stereocenters. The summed E-state index contributed by atoms with van der Waals surface area (Å²) in [6.45, 7) is 0.786. The zero-order valence-corrected chi connectivity index (χ0v) is 11.4. The lowest BCUT2D eigenvalue weighted by Crippen LogP contribution is -2.43. The molecule has 3 N–H and O–H groups in total. The molecule has 0 aromatic carbocycles. The lowest BCUT2D eigenvalue weighted by molar-refractivity contribution is 0.170. The van der Waals surface area contributed by atoms with E-state index in [2.05, 4.69) is 15.6 Å². The predicted molar refractivity (Wildman–Crippen MR) is 73.9 cm³/mol. The molecule has 1 aromatic heterocycles. The molecule has 1 aliphatic carbocycles. The second kappa shape index (κ2) is 5.25. The van der Waals surface area contributed by atoms with Gasteiger partial charge in [-0.15, -0.1) is 0 Å². The normalized spacial score (nSPS) is 31.5. The summed E-state index contributed by atoms with van der Waals surface area (Å²) in [5.74, 6) is 0. The van der Waals surface area contributed by atoms with Crippen LogP contribution in [0.3, 0.4) is 0 Å². The Morgan fingerprint density at radius 3 is 2.74 bits per heavy atom. The number of H-pyrrole nitrogens is 1. The van der Waals surface area contributed by atoms with Gasteiger partial charge in [0.05, 0.1) is 6.04 Å². The maximum atomic E-state index is 12.1. The Morgan fingerprint density at radius 2 is 2.11 bits per heavy atom. The zero-order valence-electron chi connectivity index (χ0n) is 11.4. The minimum Gasteiger partial charge on any atom is -0.363 e. The van der Waals surface area contributed by atoms with E-state index in [1.54, 1.807) is 0 Å². The Hall–Kier alpha value is -1.49. The predicted octanol–water partition coefficient (Wildman–Crippen LogP) is 1.61. The van der Waals surface area contributed by atoms with E-state index in [0.717, 1.165) is 37.9 Å². The van der Waals surface area contributed by atoms with E-state index in [4.69, 9.17) is 0 Å². The van der Waals surface area contributed by atoms with Crippen molar-refractivity contribution in [1.29, 1.82) is 0 Å². The Morgan fingerprint density at radius 1 is 1.32 bits per heavy atom. The Kier molecular flexibility index (Phi) is 3.46. The third kappa shape index (κ3) is 2.47. The largest absolute Gasteiger partial charge is 0.363 e. The molecule has 3 rings (SSSR count). The summed E-state index contributed by atoms with van der Waals surface area (Å²) in [6.07, 6.45) is 6.45. The van der Waals surface area contributed by atoms with Crippen LogP contribution in [0.4, 0.5) is 4.79 Å². The van der Waals surface area contributed by atoms with Crippen molar-refractivity contribution < 1.29 is 4.79 Å². The number of nitrogens with zero attached hydrogens (tertiary/aromatic N) is 1. The molecule has 2 amide bonds. The van der Waals surface area contributed by atoms with Crippen LogP contribution in [0.2, 0.25) is 0 Å². The number of urea groups is 1. The van der Waals surface area contributed by atoms with Crippen LogP contribution in [-0.2, 0) is 0 Å². The molecule has 5 nitrogen and oxygen atoms in total. The fourth-order valence-corrected chi connectivity index (χ4v) is 3.29. The standard InChI is InChI=1S/C14H22N4O/c1-15-10-4-6-11(7-5-10)18-9-13(17-14(18)19)12-3-2-8-16-12/h2-3,8,10-11,13,15-16H,4-7,9H2,1H3,(H,17,19). The number of aromatic amines is 1. The van der Waals surface area contributed by atoms with Crippen molar-refractivity contribution >= 4 is 6.03 Å². The molecule has 104 valence electrons. The fourth-order valence-electron chi connectivity index (χ4n) is 3.29. The number of aromatic nitrogens is 1. The van der Waals surface area contributed by atoms with Crippen LogP contribution in [0, 0.1) is 0 Å². The van der Waals surface area contributed by atoms with Crippen LogP contribution in [0.25, 0.3) is 0 Å². The van der Waals surface area contributed by atoms with Gasteiger partial charge in [0.1, 0.15) is 0 Å². The number of nitrogens with one attached hydrogen (secondary N) is 3. The third-order valence-electron chi connectivity index (χ3n) is 4.48. The Balaban J connectivity index is 1.62. The van der Waals surface area contributed by atoms with Crippen LogP contribution in [0.15, 0.2) is 18.3 Å². The van der Waals surface area contributed by atoms with Gasteiger partial charge in [-0.1, -0.05) is 0 Å². The minimum atomic E-state index is 0.0903. The summed E-state index contributed by atoms with van der Waals surface area (Å²) in [6, 6.07) is 5.25. The second-order valence-corrected chi connectivity index (χ2v) is 5.57. The van der Waals surface area contributed by atoms with Gasteiger partial charge in [0.25, 0.3) is 0 Å². The molecule has 2 aliphatic rings. The van der Waals surface area contributed by atoms with Gasteiger partial charge in [0.2, 0.25) is 0 Å². The van der Waals surface area contributed by atoms with E-state index in [1.807, 2.05) is 30.3 Å². The fraction of sp³-hybridized carbons (Fsp3) is 0.643. The average Bonchev–Trinajstić information content (AvgIpc) is 3.08. The molecule has 1 aromatic rings. The summed E-state index contributed by atoms with van der Waals surface area (Å²) in [4.78, 5) is 17.3. The third-order valence-corrected chi connectivity index (χ3v) is 4.48. The molecular weight excluding hydrogens is 240 g/mol. The number of hydrogen-bond acceptors (Lipinski definition) is 2. The maximum Gasteiger partial charge on any atom is 0.318 e. The monoisotopic (exact) mass is 262 g/mol. The summed E-state index contributed by atoms with van der Waals surface area (Å²) >= 11 is 0. The number of amides is 2. The molecule has 19 heavy (non-hydrogen) atoms. The second-order valence-electron chi connectivity index (χ2n) is 5.57. The van der Waals surface area contributed by atoms with Crippen LogP contribution >= 0.6 is 0 Å². The van der Waals surface area contributed by atoms with Crippen LogP contribution in [-0.4, -0.2) is 41.6 Å². The van der Waals surface area contributed by atoms with E-state index in [1.165, 1.54) is 0 Å². The molecule has 1 saturated heterocycles. The quantitative estimate of drug-likeness (QED) is 0.775. The van der Waals surface area contributed by atoms with Gasteiger partial charge in [-0.3, -0.25) is 0 Å². The molecule has 1 aliphatic heterocycles. The highest BCUT2D eigenvalue weighted by Gasteiger charge is 2.36. The molecule has 0 radical (unpaired) electrons. The highest BCUT2D eigenvalue weighted by atomic mass is 16.2. The number of carbonyl (C=O) groups excluding carboxylic acids is 1. The van der Waals surface area contributed by atoms with Crippen molar-refractivity contribution in [1.82, 2.24) is 20.5 Å². The molecular formula is C14H22N4O. The maximum absolute atomic E-state index is 12.1. The summed E-state index contributed by atoms with van der Waals surface area (Å²) in [5, 5.41) is 6.40. The van der Waals surface area contributed by atoms with Crippen LogP contribution < -0.4 is 10.6 Å². The molecule has 1 unspecified atom stereocenters. The van der Waals surface area contributed by atoms with E-state index in [9.17, 15) is 4.79 Å². The molecule has 1 saturated carbocycles. The van der Waals surface area contributed by atoms with Crippen molar-refractivity contribution in [3.8, 4) is 0 Å². The summed E-state index contributed by atoms with van der Waals surface area (Å²) in [5.41, 5.74) is 1.10. The molecule has 0 bridgehead atoms. The van der Waals surface area contributed by atoms with Gasteiger partial charge in [-0.05, 0) is 44.9 Å². The first-order chi connectivity index (χ1) is 9.28. The lowest BCUT2D eigenvalue weighted by Gasteiger charge is -2.33. The smallest absolute Gasteiger partial charge is 0.318 e. The Bertz CT molecular complexity index is 423. The van der Waals surface area contributed by atoms with Gasteiger partial charge in [0.15, 0.2) is 0 Å². The average molecular weight is 262 g/mol. The van der Waals surface area contributed by atoms with Gasteiger partial charge in [-0.25, -0.2) is 4.79 Å². The SMILES string of the molecule is CNC1CCC(N2CC(c3ccc[nH]3)NC2=O)CC1. The Labute approximate surface area is 113 Å². The van der Waals surface area contributed by atoms with E-state index < -0.39 is 0 Å². The summed E-state index contributed by atoms with van der Waals surface area (Å²) < 4.78 is 0. The van der Waals surface area contributed by atoms with Crippen molar-refractivity contribution in [2.24, 2.45) is 0 Å². The van der Waals surface area contributed by atoms with Gasteiger partial charge in [0, 0.05) is 30.5 Å². The number of hydrogen-bond donors (Lipinski definition) is 3. The van der Waals surface area contributed by atoms with E-state index in [-0.39, 0.29) is 12.1 Å². The molecule has 2 fully saturated rings. The summed E-state index contributed by atoms with van der Waals surface area (Å²) in [7, 11) is 2.02. The van der Waals surface area contributed by atoms with Crippen molar-refractivity contribution in [2.75, 3.05) is 13.6 Å². The molecule has 0 spiro atoms. The van der Waals surface area contributed by atoms with Crippen LogP contribution in [0.1, 0.15) is 37.4 Å². The highest BCUT2D eigenvalue weighted by molar-refractivity contribution is 5.77. The van der Waals surface area contributed by atoms with E-state index in [0.29, 0.717) is 12.1 Å². The minimum absolute atomic E-state index is 0.0903. The topological polar surface area (TPSA) is 60.2 Å². The van der Waals surface area contributed by atoms with Crippen molar-refractivity contribution in [2.45, 2.75) is 43.8 Å². The van der Waals surface area contributed by atoms with Crippen LogP contribution in [0.5, 0.6) is 0 Å². The zero-order chi connectivity index (χ0) is 13.2. The first-order valence-electron chi connectivity index (χ1n) is 7.15. The highest BCUT2D eigenvalue weighted by Crippen LogP contribution is 2.28.